The molecule has 330 valence electrons. The van der Waals surface area contributed by atoms with Gasteiger partial charge in [-0.15, -0.1) is 11.3 Å². The smallest absolute Gasteiger partial charge is 0.104 e. The van der Waals surface area contributed by atoms with Crippen molar-refractivity contribution in [3.63, 3.8) is 0 Å². The van der Waals surface area contributed by atoms with Gasteiger partial charge in [0.15, 0.2) is 0 Å². The predicted octanol–water partition coefficient (Wildman–Crippen LogP) is 17.1. The third-order valence-corrected chi connectivity index (χ3v) is 16.7. The first-order valence-electron chi connectivity index (χ1n) is 24.1. The third-order valence-electron chi connectivity index (χ3n) is 15.5. The van der Waals surface area contributed by atoms with E-state index in [1.54, 1.807) is 11.3 Å². The number of nitriles is 2. The number of aromatic nitrogens is 3. The number of thiophene rings is 1. The molecule has 0 radical (unpaired) electrons. The number of rotatable bonds is 4. The van der Waals surface area contributed by atoms with Gasteiger partial charge < -0.3 is 13.7 Å². The van der Waals surface area contributed by atoms with E-state index in [0.29, 0.717) is 16.8 Å². The number of benzene rings is 10. The van der Waals surface area contributed by atoms with Crippen LogP contribution in [0, 0.1) is 22.7 Å². The van der Waals surface area contributed by atoms with Gasteiger partial charge in [0.25, 0.3) is 0 Å². The Hall–Kier alpha value is -9.20. The first kappa shape index (κ1) is 39.8. The van der Waals surface area contributed by atoms with Crippen LogP contribution in [0.5, 0.6) is 0 Å². The highest BCUT2D eigenvalue weighted by molar-refractivity contribution is 7.26. The lowest BCUT2D eigenvalue weighted by Crippen LogP contribution is -2.15. The van der Waals surface area contributed by atoms with Crippen molar-refractivity contribution in [2.75, 3.05) is 0 Å². The molecule has 0 N–H and O–H groups in total. The molecule has 0 saturated carbocycles. The van der Waals surface area contributed by atoms with E-state index in [0.717, 1.165) is 93.5 Å². The molecule has 1 aliphatic rings. The monoisotopic (exact) mass is 921 g/mol. The molecule has 0 amide bonds. The van der Waals surface area contributed by atoms with Crippen molar-refractivity contribution in [1.82, 2.24) is 13.7 Å². The maximum absolute atomic E-state index is 12.4. The maximum atomic E-state index is 12.4. The quantitative estimate of drug-likeness (QED) is 0.177. The van der Waals surface area contributed by atoms with E-state index in [2.05, 4.69) is 240 Å². The van der Waals surface area contributed by atoms with Crippen LogP contribution in [0.4, 0.5) is 0 Å². The Morgan fingerprint density at radius 2 is 0.845 bits per heavy atom. The molecule has 0 fully saturated rings. The van der Waals surface area contributed by atoms with Crippen LogP contribution < -0.4 is 0 Å². The summed E-state index contributed by atoms with van der Waals surface area (Å²) in [6, 6.07) is 76.9. The highest BCUT2D eigenvalue weighted by Gasteiger charge is 2.37. The summed E-state index contributed by atoms with van der Waals surface area (Å²) in [6.07, 6.45) is 0. The van der Waals surface area contributed by atoms with E-state index in [9.17, 15) is 10.5 Å². The molecule has 4 heterocycles. The molecule has 10 aromatic carbocycles. The summed E-state index contributed by atoms with van der Waals surface area (Å²) in [7, 11) is 0. The van der Waals surface area contributed by atoms with Gasteiger partial charge in [-0.3, -0.25) is 0 Å². The van der Waals surface area contributed by atoms with Crippen molar-refractivity contribution >= 4 is 96.9 Å². The summed E-state index contributed by atoms with van der Waals surface area (Å²) in [6.45, 7) is 4.61. The standard InChI is InChI=1S/C65H39N5S/c1-65(2)50-24-10-3-17-39(50)47-35-38(31-33-51(47)65)59-62(68-52-25-11-4-18-40(52)41-19-5-12-26-53(41)68)48(36-66)61(49(37-67)63(59)69-54-27-13-6-20-42(54)43-21-7-14-28-55(43)69)70-56-29-15-8-23-46(56)60-57(70)34-32-45-44-22-9-16-30-58(44)71-64(45)60/h3-35H,1-2H3. The Kier molecular flexibility index (Phi) is 8.07. The topological polar surface area (TPSA) is 62.4 Å². The van der Waals surface area contributed by atoms with Gasteiger partial charge >= 0.3 is 0 Å². The first-order chi connectivity index (χ1) is 35.0. The molecular formula is C65H39N5S. The van der Waals surface area contributed by atoms with Crippen LogP contribution >= 0.6 is 11.3 Å². The van der Waals surface area contributed by atoms with Crippen LogP contribution in [0.3, 0.4) is 0 Å². The average molecular weight is 922 g/mol. The molecule has 5 nitrogen and oxygen atoms in total. The lowest BCUT2D eigenvalue weighted by molar-refractivity contribution is 0.660. The van der Waals surface area contributed by atoms with E-state index >= 15 is 0 Å². The van der Waals surface area contributed by atoms with E-state index in [1.165, 1.54) is 36.9 Å². The molecule has 0 atom stereocenters. The van der Waals surface area contributed by atoms with Crippen molar-refractivity contribution in [1.29, 1.82) is 10.5 Å². The van der Waals surface area contributed by atoms with Crippen molar-refractivity contribution in [3.05, 3.63) is 222 Å². The summed E-state index contributed by atoms with van der Waals surface area (Å²) >= 11 is 1.80. The number of fused-ring (bicyclic) bond motifs is 16. The molecule has 0 bridgehead atoms. The van der Waals surface area contributed by atoms with E-state index in [1.807, 2.05) is 0 Å². The van der Waals surface area contributed by atoms with E-state index in [4.69, 9.17) is 0 Å². The molecule has 14 aromatic rings. The minimum absolute atomic E-state index is 0.231. The summed E-state index contributed by atoms with van der Waals surface area (Å²) in [5.74, 6) is 0. The van der Waals surface area contributed by atoms with Crippen LogP contribution in [0.1, 0.15) is 36.1 Å². The highest BCUT2D eigenvalue weighted by Crippen LogP contribution is 2.54. The Bertz CT molecular complexity index is 4510. The van der Waals surface area contributed by atoms with E-state index in [-0.39, 0.29) is 5.41 Å². The second-order valence-corrected chi connectivity index (χ2v) is 20.4. The maximum Gasteiger partial charge on any atom is 0.104 e. The first-order valence-corrected chi connectivity index (χ1v) is 24.9. The zero-order chi connectivity index (χ0) is 47.3. The number of para-hydroxylation sites is 5. The van der Waals surface area contributed by atoms with Crippen LogP contribution in [0.15, 0.2) is 200 Å². The predicted molar refractivity (Wildman–Crippen MR) is 295 cm³/mol. The number of nitrogens with zero attached hydrogens (tertiary/aromatic N) is 5. The summed E-state index contributed by atoms with van der Waals surface area (Å²) < 4.78 is 9.24. The molecule has 0 aliphatic heterocycles. The molecule has 6 heteroatoms. The van der Waals surface area contributed by atoms with E-state index < -0.39 is 0 Å². The number of hydrogen-bond acceptors (Lipinski definition) is 3. The molecule has 15 rings (SSSR count). The average Bonchev–Trinajstić information content (AvgIpc) is 4.20. The largest absolute Gasteiger partial charge is 0.307 e. The molecule has 0 unspecified atom stereocenters. The van der Waals surface area contributed by atoms with Gasteiger partial charge in [-0.1, -0.05) is 166 Å². The normalized spacial score (nSPS) is 13.0. The minimum Gasteiger partial charge on any atom is -0.307 e. The Morgan fingerprint density at radius 1 is 0.394 bits per heavy atom. The Balaban J connectivity index is 1.22. The summed E-state index contributed by atoms with van der Waals surface area (Å²) in [5.41, 5.74) is 14.9. The third kappa shape index (κ3) is 5.16. The molecular weight excluding hydrogens is 883 g/mol. The van der Waals surface area contributed by atoms with Crippen LogP contribution in [0.2, 0.25) is 0 Å². The lowest BCUT2D eigenvalue weighted by Gasteiger charge is -2.27. The van der Waals surface area contributed by atoms with Crippen LogP contribution in [0.25, 0.3) is 125 Å². The fourth-order valence-corrected chi connectivity index (χ4v) is 13.8. The van der Waals surface area contributed by atoms with Gasteiger partial charge in [-0.25, -0.2) is 0 Å². The lowest BCUT2D eigenvalue weighted by atomic mass is 9.82. The second-order valence-electron chi connectivity index (χ2n) is 19.4. The molecule has 0 spiro atoms. The zero-order valence-electron chi connectivity index (χ0n) is 38.7. The molecule has 71 heavy (non-hydrogen) atoms. The fraction of sp³-hybridized carbons (Fsp3) is 0.0462. The Morgan fingerprint density at radius 3 is 1.41 bits per heavy atom. The van der Waals surface area contributed by atoms with Crippen LogP contribution in [-0.4, -0.2) is 13.7 Å². The second kappa shape index (κ2) is 14.4. The summed E-state index contributed by atoms with van der Waals surface area (Å²) in [5, 5.41) is 33.6. The van der Waals surface area contributed by atoms with Crippen molar-refractivity contribution in [2.45, 2.75) is 19.3 Å². The summed E-state index contributed by atoms with van der Waals surface area (Å²) in [4.78, 5) is 0. The van der Waals surface area contributed by atoms with Gasteiger partial charge in [0.05, 0.1) is 50.2 Å². The zero-order valence-corrected chi connectivity index (χ0v) is 39.5. The van der Waals surface area contributed by atoms with Gasteiger partial charge in [0, 0.05) is 63.5 Å². The molecule has 1 aliphatic carbocycles. The number of hydrogen-bond donors (Lipinski definition) is 0. The highest BCUT2D eigenvalue weighted by atomic mass is 32.1. The van der Waals surface area contributed by atoms with Crippen molar-refractivity contribution in [2.24, 2.45) is 0 Å². The fourth-order valence-electron chi connectivity index (χ4n) is 12.5. The van der Waals surface area contributed by atoms with Crippen LogP contribution in [-0.2, 0) is 5.41 Å². The SMILES string of the molecule is CC1(C)c2ccccc2-c2cc(-c3c(-n4c5ccccc5c5ccccc54)c(C#N)c(-n4c5ccccc5c5c6sc7ccccc7c6ccc54)c(C#N)c3-n3c4ccccc4c4ccccc43)ccc21. The van der Waals surface area contributed by atoms with Gasteiger partial charge in [-0.2, -0.15) is 10.5 Å². The van der Waals surface area contributed by atoms with Gasteiger partial charge in [0.2, 0.25) is 0 Å². The van der Waals surface area contributed by atoms with Crippen molar-refractivity contribution < 1.29 is 0 Å². The molecule has 0 saturated heterocycles. The van der Waals surface area contributed by atoms with Gasteiger partial charge in [0.1, 0.15) is 23.3 Å². The van der Waals surface area contributed by atoms with Gasteiger partial charge in [-0.05, 0) is 76.3 Å². The van der Waals surface area contributed by atoms with Crippen molar-refractivity contribution in [3.8, 4) is 51.5 Å². The molecule has 4 aromatic heterocycles. The Labute approximate surface area is 412 Å². The minimum atomic E-state index is -0.231.